The number of phenolic OH excluding ortho intramolecular Hbond substituents is 2. The summed E-state index contributed by atoms with van der Waals surface area (Å²) in [4.78, 5) is 4.11. The van der Waals surface area contributed by atoms with E-state index < -0.39 is 0 Å². The minimum Gasteiger partial charge on any atom is -0.504 e. The Morgan fingerprint density at radius 1 is 0.941 bits per heavy atom. The van der Waals surface area contributed by atoms with Crippen LogP contribution in [0.25, 0.3) is 16.7 Å². The number of phenols is 2. The van der Waals surface area contributed by atoms with E-state index in [1.165, 1.54) is 6.07 Å². The van der Waals surface area contributed by atoms with Gasteiger partial charge in [-0.1, -0.05) is 18.2 Å². The molecule has 0 amide bonds. The van der Waals surface area contributed by atoms with Crippen molar-refractivity contribution in [3.05, 3.63) is 48.8 Å². The van der Waals surface area contributed by atoms with Gasteiger partial charge in [0.25, 0.3) is 0 Å². The molecule has 0 aliphatic rings. The molecule has 17 heavy (non-hydrogen) atoms. The Morgan fingerprint density at radius 3 is 2.47 bits per heavy atom. The average Bonchev–Trinajstić information content (AvgIpc) is 2.79. The highest BCUT2D eigenvalue weighted by Gasteiger charge is 2.11. The zero-order valence-electron chi connectivity index (χ0n) is 8.91. The molecular formula is C13H10N2O2. The second-order valence-corrected chi connectivity index (χ2v) is 3.75. The van der Waals surface area contributed by atoms with Gasteiger partial charge in [0, 0.05) is 5.69 Å². The fraction of sp³-hybridized carbons (Fsp3) is 0. The smallest absolute Gasteiger partial charge is 0.185 e. The van der Waals surface area contributed by atoms with Crippen LogP contribution in [0, 0.1) is 0 Å². The number of imidazole rings is 1. The molecule has 0 radical (unpaired) electrons. The monoisotopic (exact) mass is 226 g/mol. The summed E-state index contributed by atoms with van der Waals surface area (Å²) in [6.07, 6.45) is 1.62. The van der Waals surface area contributed by atoms with Crippen molar-refractivity contribution < 1.29 is 10.2 Å². The van der Waals surface area contributed by atoms with E-state index in [4.69, 9.17) is 0 Å². The molecule has 1 aromatic heterocycles. The lowest BCUT2D eigenvalue weighted by Crippen LogP contribution is -1.90. The van der Waals surface area contributed by atoms with Gasteiger partial charge in [-0.3, -0.25) is 4.57 Å². The second-order valence-electron chi connectivity index (χ2n) is 3.75. The Hall–Kier alpha value is -2.49. The molecule has 0 saturated carbocycles. The predicted octanol–water partition coefficient (Wildman–Crippen LogP) is 2.44. The highest BCUT2D eigenvalue weighted by Crippen LogP contribution is 2.33. The van der Waals surface area contributed by atoms with Crippen molar-refractivity contribution in [1.82, 2.24) is 9.55 Å². The number of hydrogen-bond acceptors (Lipinski definition) is 3. The van der Waals surface area contributed by atoms with Gasteiger partial charge in [-0.2, -0.15) is 0 Å². The van der Waals surface area contributed by atoms with Crippen LogP contribution < -0.4 is 0 Å². The van der Waals surface area contributed by atoms with E-state index in [9.17, 15) is 10.2 Å². The van der Waals surface area contributed by atoms with Gasteiger partial charge in [0.2, 0.25) is 0 Å². The number of hydrogen-bond donors (Lipinski definition) is 2. The summed E-state index contributed by atoms with van der Waals surface area (Å²) < 4.78 is 1.86. The number of nitrogens with zero attached hydrogens (tertiary/aromatic N) is 2. The first kappa shape index (κ1) is 9.72. The Kier molecular flexibility index (Phi) is 2.01. The van der Waals surface area contributed by atoms with E-state index in [-0.39, 0.29) is 11.5 Å². The fourth-order valence-electron chi connectivity index (χ4n) is 1.85. The van der Waals surface area contributed by atoms with Gasteiger partial charge in [-0.05, 0) is 24.3 Å². The fourth-order valence-corrected chi connectivity index (χ4v) is 1.85. The summed E-state index contributed by atoms with van der Waals surface area (Å²) in [5.74, 6) is -0.340. The summed E-state index contributed by atoms with van der Waals surface area (Å²) in [6, 6.07) is 12.9. The van der Waals surface area contributed by atoms with Crippen molar-refractivity contribution in [2.45, 2.75) is 0 Å². The Balaban J connectivity index is 2.30. The second kappa shape index (κ2) is 3.52. The van der Waals surface area contributed by atoms with E-state index in [0.717, 1.165) is 11.2 Å². The molecule has 3 aromatic rings. The molecule has 0 aliphatic heterocycles. The number of aromatic hydroxyl groups is 2. The van der Waals surface area contributed by atoms with Crippen molar-refractivity contribution in [2.75, 3.05) is 0 Å². The molecule has 0 atom stereocenters. The van der Waals surface area contributed by atoms with Crippen LogP contribution in [0.5, 0.6) is 11.5 Å². The van der Waals surface area contributed by atoms with Crippen molar-refractivity contribution >= 4 is 11.0 Å². The lowest BCUT2D eigenvalue weighted by atomic mass is 10.2. The molecule has 2 aromatic carbocycles. The maximum atomic E-state index is 9.69. The first-order valence-electron chi connectivity index (χ1n) is 5.21. The van der Waals surface area contributed by atoms with Crippen LogP contribution in [0.1, 0.15) is 0 Å². The van der Waals surface area contributed by atoms with Crippen molar-refractivity contribution in [3.63, 3.8) is 0 Å². The normalized spacial score (nSPS) is 10.8. The molecule has 84 valence electrons. The molecule has 4 heteroatoms. The first-order valence-corrected chi connectivity index (χ1v) is 5.21. The van der Waals surface area contributed by atoms with E-state index in [1.54, 1.807) is 12.4 Å². The Morgan fingerprint density at radius 2 is 1.71 bits per heavy atom. The van der Waals surface area contributed by atoms with Gasteiger partial charge >= 0.3 is 0 Å². The lowest BCUT2D eigenvalue weighted by molar-refractivity contribution is 0.407. The van der Waals surface area contributed by atoms with Crippen LogP contribution in [-0.2, 0) is 0 Å². The quantitative estimate of drug-likeness (QED) is 0.626. The highest BCUT2D eigenvalue weighted by atomic mass is 16.3. The van der Waals surface area contributed by atoms with Gasteiger partial charge in [-0.15, -0.1) is 0 Å². The van der Waals surface area contributed by atoms with Crippen LogP contribution in [0.3, 0.4) is 0 Å². The maximum Gasteiger partial charge on any atom is 0.185 e. The van der Waals surface area contributed by atoms with Crippen molar-refractivity contribution in [3.8, 4) is 17.2 Å². The summed E-state index contributed by atoms with van der Waals surface area (Å²) in [5, 5.41) is 19.1. The van der Waals surface area contributed by atoms with Crippen LogP contribution in [0.4, 0.5) is 0 Å². The zero-order chi connectivity index (χ0) is 11.8. The van der Waals surface area contributed by atoms with Crippen LogP contribution in [0.2, 0.25) is 0 Å². The number of para-hydroxylation sites is 1. The third-order valence-corrected chi connectivity index (χ3v) is 2.70. The lowest BCUT2D eigenvalue weighted by Gasteiger charge is -2.04. The van der Waals surface area contributed by atoms with Crippen molar-refractivity contribution in [2.24, 2.45) is 0 Å². The topological polar surface area (TPSA) is 58.3 Å². The molecule has 0 fully saturated rings. The number of fused-ring (bicyclic) bond motifs is 1. The number of aromatic nitrogens is 2. The van der Waals surface area contributed by atoms with Gasteiger partial charge in [0.05, 0.1) is 5.52 Å². The average molecular weight is 226 g/mol. The first-order chi connectivity index (χ1) is 8.27. The van der Waals surface area contributed by atoms with E-state index in [1.807, 2.05) is 34.9 Å². The Labute approximate surface area is 97.4 Å². The van der Waals surface area contributed by atoms with Gasteiger partial charge in [-0.25, -0.2) is 4.98 Å². The van der Waals surface area contributed by atoms with Crippen LogP contribution >= 0.6 is 0 Å². The van der Waals surface area contributed by atoms with Crippen LogP contribution in [0.15, 0.2) is 48.8 Å². The minimum absolute atomic E-state index is 0.157. The van der Waals surface area contributed by atoms with Crippen molar-refractivity contribution in [1.29, 1.82) is 0 Å². The largest absolute Gasteiger partial charge is 0.504 e. The van der Waals surface area contributed by atoms with Gasteiger partial charge in [0.15, 0.2) is 11.5 Å². The predicted molar refractivity (Wildman–Crippen MR) is 64.4 cm³/mol. The Bertz CT molecular complexity index is 674. The molecule has 0 bridgehead atoms. The summed E-state index contributed by atoms with van der Waals surface area (Å²) in [6.45, 7) is 0. The van der Waals surface area contributed by atoms with Gasteiger partial charge in [0.1, 0.15) is 11.8 Å². The zero-order valence-corrected chi connectivity index (χ0v) is 8.91. The minimum atomic E-state index is -0.183. The number of benzene rings is 2. The molecule has 0 unspecified atom stereocenters. The summed E-state index contributed by atoms with van der Waals surface area (Å²) >= 11 is 0. The van der Waals surface area contributed by atoms with E-state index in [0.29, 0.717) is 5.52 Å². The molecule has 0 saturated heterocycles. The van der Waals surface area contributed by atoms with E-state index in [2.05, 4.69) is 4.98 Å². The van der Waals surface area contributed by atoms with E-state index >= 15 is 0 Å². The summed E-state index contributed by atoms with van der Waals surface area (Å²) in [7, 11) is 0. The molecular weight excluding hydrogens is 216 g/mol. The molecule has 3 rings (SSSR count). The van der Waals surface area contributed by atoms with Gasteiger partial charge < -0.3 is 10.2 Å². The molecule has 0 aliphatic carbocycles. The third-order valence-electron chi connectivity index (χ3n) is 2.70. The standard InChI is InChI=1S/C13H10N2O2/c16-11-7-6-10-12(13(11)17)14-8-15(10)9-4-2-1-3-5-9/h1-8,16-17H. The molecule has 2 N–H and O–H groups in total. The van der Waals surface area contributed by atoms with Crippen LogP contribution in [-0.4, -0.2) is 19.8 Å². The highest BCUT2D eigenvalue weighted by molar-refractivity contribution is 5.85. The third kappa shape index (κ3) is 1.42. The number of rotatable bonds is 1. The SMILES string of the molecule is Oc1ccc2c(ncn2-c2ccccc2)c1O. The molecule has 0 spiro atoms. The molecule has 4 nitrogen and oxygen atoms in total. The molecule has 1 heterocycles. The maximum absolute atomic E-state index is 9.69. The summed E-state index contributed by atoms with van der Waals surface area (Å²) in [5.41, 5.74) is 2.11.